The summed E-state index contributed by atoms with van der Waals surface area (Å²) in [5.74, 6) is 0. The summed E-state index contributed by atoms with van der Waals surface area (Å²) in [6, 6.07) is 17.0. The van der Waals surface area contributed by atoms with Crippen molar-refractivity contribution < 1.29 is 0 Å². The standard InChI is InChI=1S/C13H13P/c1-10-5-4-6-11(9-10)12-7-2-3-8-13(12)14/h2-9H,14H2,1H3. The van der Waals surface area contributed by atoms with Gasteiger partial charge in [0.25, 0.3) is 0 Å². The molecular formula is C13H13P. The number of benzene rings is 2. The molecule has 0 bridgehead atoms. The third kappa shape index (κ3) is 1.86. The maximum Gasteiger partial charge on any atom is -0.0112 e. The van der Waals surface area contributed by atoms with Crippen LogP contribution in [0.2, 0.25) is 0 Å². The van der Waals surface area contributed by atoms with E-state index in [-0.39, 0.29) is 0 Å². The Bertz CT molecular complexity index is 446. The molecule has 0 spiro atoms. The van der Waals surface area contributed by atoms with Crippen LogP contribution in [0.4, 0.5) is 0 Å². The van der Waals surface area contributed by atoms with Crippen LogP contribution in [0, 0.1) is 6.92 Å². The first-order valence-electron chi connectivity index (χ1n) is 4.69. The topological polar surface area (TPSA) is 0 Å². The van der Waals surface area contributed by atoms with E-state index in [2.05, 4.69) is 64.7 Å². The Hall–Kier alpha value is -1.13. The molecule has 14 heavy (non-hydrogen) atoms. The molecule has 0 aromatic heterocycles. The average Bonchev–Trinajstić information content (AvgIpc) is 2.18. The predicted molar refractivity (Wildman–Crippen MR) is 66.0 cm³/mol. The molecule has 0 aliphatic rings. The molecule has 0 N–H and O–H groups in total. The lowest BCUT2D eigenvalue weighted by Gasteiger charge is -2.05. The Kier molecular flexibility index (Phi) is 2.65. The summed E-state index contributed by atoms with van der Waals surface area (Å²) in [7, 11) is 2.78. The van der Waals surface area contributed by atoms with E-state index < -0.39 is 0 Å². The molecule has 0 aliphatic heterocycles. The zero-order valence-electron chi connectivity index (χ0n) is 8.20. The first-order valence-corrected chi connectivity index (χ1v) is 5.26. The second kappa shape index (κ2) is 3.94. The molecule has 0 heterocycles. The molecule has 0 radical (unpaired) electrons. The number of rotatable bonds is 1. The summed E-state index contributed by atoms with van der Waals surface area (Å²) in [5, 5.41) is 1.25. The van der Waals surface area contributed by atoms with Gasteiger partial charge in [-0.05, 0) is 23.4 Å². The van der Waals surface area contributed by atoms with Gasteiger partial charge in [0.1, 0.15) is 0 Å². The molecule has 0 fully saturated rings. The summed E-state index contributed by atoms with van der Waals surface area (Å²) in [6.07, 6.45) is 0. The van der Waals surface area contributed by atoms with Gasteiger partial charge in [-0.3, -0.25) is 0 Å². The van der Waals surface area contributed by atoms with Crippen LogP contribution in [-0.4, -0.2) is 0 Å². The van der Waals surface area contributed by atoms with Crippen LogP contribution in [-0.2, 0) is 0 Å². The van der Waals surface area contributed by atoms with Crippen molar-refractivity contribution in [3.8, 4) is 11.1 Å². The number of hydrogen-bond donors (Lipinski definition) is 0. The second-order valence-electron chi connectivity index (χ2n) is 3.46. The summed E-state index contributed by atoms with van der Waals surface area (Å²) in [6.45, 7) is 2.12. The van der Waals surface area contributed by atoms with Crippen molar-refractivity contribution in [2.24, 2.45) is 0 Å². The van der Waals surface area contributed by atoms with Gasteiger partial charge in [-0.2, -0.15) is 0 Å². The average molecular weight is 200 g/mol. The van der Waals surface area contributed by atoms with E-state index >= 15 is 0 Å². The fraction of sp³-hybridized carbons (Fsp3) is 0.0769. The molecule has 0 saturated carbocycles. The normalized spacial score (nSPS) is 10.1. The first-order chi connectivity index (χ1) is 6.77. The van der Waals surface area contributed by atoms with E-state index in [9.17, 15) is 0 Å². The Morgan fingerprint density at radius 3 is 2.43 bits per heavy atom. The van der Waals surface area contributed by atoms with E-state index in [4.69, 9.17) is 0 Å². The smallest absolute Gasteiger partial charge is 0.0112 e. The van der Waals surface area contributed by atoms with Crippen molar-refractivity contribution in [3.05, 3.63) is 54.1 Å². The Morgan fingerprint density at radius 2 is 1.71 bits per heavy atom. The molecule has 70 valence electrons. The van der Waals surface area contributed by atoms with Crippen LogP contribution in [0.25, 0.3) is 11.1 Å². The van der Waals surface area contributed by atoms with Gasteiger partial charge in [0, 0.05) is 0 Å². The van der Waals surface area contributed by atoms with Crippen LogP contribution < -0.4 is 5.30 Å². The van der Waals surface area contributed by atoms with E-state index in [0.717, 1.165) is 0 Å². The molecule has 2 aromatic carbocycles. The van der Waals surface area contributed by atoms with Crippen molar-refractivity contribution in [2.45, 2.75) is 6.92 Å². The summed E-state index contributed by atoms with van der Waals surface area (Å²) < 4.78 is 0. The van der Waals surface area contributed by atoms with Gasteiger partial charge in [0.2, 0.25) is 0 Å². The monoisotopic (exact) mass is 200 g/mol. The molecule has 2 rings (SSSR count). The van der Waals surface area contributed by atoms with Crippen LogP contribution >= 0.6 is 9.24 Å². The van der Waals surface area contributed by atoms with Crippen molar-refractivity contribution in [3.63, 3.8) is 0 Å². The molecule has 1 atom stereocenters. The maximum atomic E-state index is 2.78. The second-order valence-corrected chi connectivity index (χ2v) is 4.08. The highest BCUT2D eigenvalue weighted by Crippen LogP contribution is 2.19. The van der Waals surface area contributed by atoms with E-state index in [0.29, 0.717) is 0 Å². The van der Waals surface area contributed by atoms with Gasteiger partial charge in [0.05, 0.1) is 0 Å². The summed E-state index contributed by atoms with van der Waals surface area (Å²) in [4.78, 5) is 0. The highest BCUT2D eigenvalue weighted by molar-refractivity contribution is 7.28. The lowest BCUT2D eigenvalue weighted by molar-refractivity contribution is 1.47. The van der Waals surface area contributed by atoms with E-state index in [1.54, 1.807) is 0 Å². The molecule has 0 amide bonds. The molecule has 0 aliphatic carbocycles. The minimum Gasteiger partial charge on any atom is -0.105 e. The highest BCUT2D eigenvalue weighted by Gasteiger charge is 1.99. The lowest BCUT2D eigenvalue weighted by Crippen LogP contribution is -1.95. The van der Waals surface area contributed by atoms with E-state index in [1.165, 1.54) is 22.0 Å². The third-order valence-electron chi connectivity index (χ3n) is 2.29. The Morgan fingerprint density at radius 1 is 0.929 bits per heavy atom. The molecule has 1 heteroatoms. The summed E-state index contributed by atoms with van der Waals surface area (Å²) in [5.41, 5.74) is 3.88. The largest absolute Gasteiger partial charge is 0.105 e. The van der Waals surface area contributed by atoms with Gasteiger partial charge in [0.15, 0.2) is 0 Å². The number of aryl methyl sites for hydroxylation is 1. The Balaban J connectivity index is 2.55. The van der Waals surface area contributed by atoms with Crippen molar-refractivity contribution >= 4 is 14.5 Å². The van der Waals surface area contributed by atoms with Crippen LogP contribution in [0.5, 0.6) is 0 Å². The molecular weight excluding hydrogens is 187 g/mol. The van der Waals surface area contributed by atoms with Crippen molar-refractivity contribution in [1.29, 1.82) is 0 Å². The van der Waals surface area contributed by atoms with Crippen molar-refractivity contribution in [1.82, 2.24) is 0 Å². The zero-order chi connectivity index (χ0) is 9.97. The quantitative estimate of drug-likeness (QED) is 0.620. The third-order valence-corrected chi connectivity index (χ3v) is 2.79. The van der Waals surface area contributed by atoms with Crippen LogP contribution in [0.15, 0.2) is 48.5 Å². The Labute approximate surface area is 87.2 Å². The zero-order valence-corrected chi connectivity index (χ0v) is 9.35. The fourth-order valence-corrected chi connectivity index (χ4v) is 1.95. The van der Waals surface area contributed by atoms with Crippen LogP contribution in [0.3, 0.4) is 0 Å². The molecule has 0 nitrogen and oxygen atoms in total. The maximum absolute atomic E-state index is 2.78. The minimum atomic E-state index is 1.25. The molecule has 0 saturated heterocycles. The van der Waals surface area contributed by atoms with Gasteiger partial charge in [-0.1, -0.05) is 54.1 Å². The highest BCUT2D eigenvalue weighted by atomic mass is 31.0. The van der Waals surface area contributed by atoms with Gasteiger partial charge >= 0.3 is 0 Å². The molecule has 2 aromatic rings. The number of hydrogen-bond acceptors (Lipinski definition) is 0. The first kappa shape index (κ1) is 9.43. The van der Waals surface area contributed by atoms with E-state index in [1.807, 2.05) is 0 Å². The molecule has 1 unspecified atom stereocenters. The summed E-state index contributed by atoms with van der Waals surface area (Å²) >= 11 is 0. The SMILES string of the molecule is Cc1cccc(-c2ccccc2P)c1. The van der Waals surface area contributed by atoms with Gasteiger partial charge < -0.3 is 0 Å². The fourth-order valence-electron chi connectivity index (χ4n) is 1.57. The van der Waals surface area contributed by atoms with Gasteiger partial charge in [-0.15, -0.1) is 9.24 Å². The predicted octanol–water partition coefficient (Wildman–Crippen LogP) is 3.16. The minimum absolute atomic E-state index is 1.25. The van der Waals surface area contributed by atoms with Crippen molar-refractivity contribution in [2.75, 3.05) is 0 Å². The van der Waals surface area contributed by atoms with Gasteiger partial charge in [-0.25, -0.2) is 0 Å². The lowest BCUT2D eigenvalue weighted by atomic mass is 10.0. The van der Waals surface area contributed by atoms with Crippen LogP contribution in [0.1, 0.15) is 5.56 Å².